The van der Waals surface area contributed by atoms with Crippen LogP contribution in [0.1, 0.15) is 56.4 Å². The zero-order valence-electron chi connectivity index (χ0n) is 15.3. The molecule has 7 heteroatoms. The normalized spacial score (nSPS) is 28.3. The van der Waals surface area contributed by atoms with Gasteiger partial charge in [0.05, 0.1) is 0 Å². The van der Waals surface area contributed by atoms with Crippen molar-refractivity contribution in [2.24, 2.45) is 0 Å². The summed E-state index contributed by atoms with van der Waals surface area (Å²) >= 11 is 0. The first kappa shape index (κ1) is 18.4. The van der Waals surface area contributed by atoms with Gasteiger partial charge in [0.15, 0.2) is 0 Å². The van der Waals surface area contributed by atoms with E-state index in [-0.39, 0.29) is 29.8 Å². The number of ether oxygens (including phenoxy) is 1. The predicted octanol–water partition coefficient (Wildman–Crippen LogP) is 4.90. The van der Waals surface area contributed by atoms with E-state index in [2.05, 4.69) is 9.64 Å². The van der Waals surface area contributed by atoms with E-state index in [9.17, 15) is 18.0 Å². The van der Waals surface area contributed by atoms with Crippen LogP contribution in [0, 0.1) is 0 Å². The van der Waals surface area contributed by atoms with E-state index in [0.717, 1.165) is 57.2 Å². The monoisotopic (exact) mass is 382 g/mol. The summed E-state index contributed by atoms with van der Waals surface area (Å²) in [6.07, 6.45) is 2.53. The summed E-state index contributed by atoms with van der Waals surface area (Å²) in [6, 6.07) is 6.91. The Labute approximate surface area is 157 Å². The number of amides is 2. The Bertz CT molecular complexity index is 657. The van der Waals surface area contributed by atoms with Crippen LogP contribution in [0.4, 0.5) is 18.0 Å². The van der Waals surface area contributed by atoms with E-state index in [0.29, 0.717) is 0 Å². The number of urea groups is 1. The molecule has 1 aromatic carbocycles. The molecular weight excluding hydrogens is 357 g/mol. The lowest BCUT2D eigenvalue weighted by molar-refractivity contribution is -0.274. The first-order valence-corrected chi connectivity index (χ1v) is 9.83. The van der Waals surface area contributed by atoms with Gasteiger partial charge in [0.2, 0.25) is 0 Å². The molecule has 27 heavy (non-hydrogen) atoms. The van der Waals surface area contributed by atoms with Gasteiger partial charge in [-0.15, -0.1) is 13.2 Å². The van der Waals surface area contributed by atoms with Gasteiger partial charge in [-0.1, -0.05) is 12.1 Å². The molecule has 2 amide bonds. The van der Waals surface area contributed by atoms with Crippen molar-refractivity contribution in [2.75, 3.05) is 13.1 Å². The zero-order chi connectivity index (χ0) is 19.0. The summed E-state index contributed by atoms with van der Waals surface area (Å²) in [7, 11) is 0. The Balaban J connectivity index is 1.41. The van der Waals surface area contributed by atoms with Gasteiger partial charge in [0.25, 0.3) is 0 Å². The van der Waals surface area contributed by atoms with Crippen LogP contribution in [0.25, 0.3) is 0 Å². The highest BCUT2D eigenvalue weighted by molar-refractivity contribution is 5.76. The molecule has 2 unspecified atom stereocenters. The molecule has 0 saturated carbocycles. The Morgan fingerprint density at radius 3 is 2.11 bits per heavy atom. The van der Waals surface area contributed by atoms with Crippen LogP contribution >= 0.6 is 0 Å². The highest BCUT2D eigenvalue weighted by Gasteiger charge is 2.44. The summed E-state index contributed by atoms with van der Waals surface area (Å²) in [6.45, 7) is 1.72. The van der Waals surface area contributed by atoms with E-state index in [4.69, 9.17) is 0 Å². The molecule has 3 aliphatic heterocycles. The number of nitrogens with zero attached hydrogens (tertiary/aromatic N) is 2. The van der Waals surface area contributed by atoms with Crippen molar-refractivity contribution < 1.29 is 22.7 Å². The molecule has 0 aromatic heterocycles. The third-order valence-corrected chi connectivity index (χ3v) is 6.17. The van der Waals surface area contributed by atoms with Crippen molar-refractivity contribution in [2.45, 2.75) is 69.3 Å². The van der Waals surface area contributed by atoms with Gasteiger partial charge >= 0.3 is 12.4 Å². The third-order valence-electron chi connectivity index (χ3n) is 6.17. The minimum atomic E-state index is -4.67. The van der Waals surface area contributed by atoms with Crippen LogP contribution < -0.4 is 4.74 Å². The van der Waals surface area contributed by atoms with Crippen molar-refractivity contribution >= 4 is 6.03 Å². The molecule has 0 aliphatic carbocycles. The number of rotatable bonds is 2. The highest BCUT2D eigenvalue weighted by atomic mass is 19.4. The molecule has 0 N–H and O–H groups in total. The van der Waals surface area contributed by atoms with Crippen molar-refractivity contribution in [1.29, 1.82) is 0 Å². The van der Waals surface area contributed by atoms with E-state index in [1.807, 2.05) is 4.90 Å². The lowest BCUT2D eigenvalue weighted by Crippen LogP contribution is -2.53. The fourth-order valence-corrected chi connectivity index (χ4v) is 4.95. The first-order chi connectivity index (χ1) is 12.9. The molecule has 4 nitrogen and oxygen atoms in total. The molecule has 1 aromatic rings. The van der Waals surface area contributed by atoms with Crippen molar-refractivity contribution in [3.8, 4) is 5.75 Å². The summed E-state index contributed by atoms with van der Waals surface area (Å²) < 4.78 is 40.9. The smallest absolute Gasteiger partial charge is 0.406 e. The predicted molar refractivity (Wildman–Crippen MR) is 94.6 cm³/mol. The molecule has 0 spiro atoms. The number of hydrogen-bond acceptors (Lipinski definition) is 2. The largest absolute Gasteiger partial charge is 0.573 e. The van der Waals surface area contributed by atoms with Crippen molar-refractivity contribution in [1.82, 2.24) is 9.80 Å². The molecule has 3 saturated heterocycles. The number of halogens is 3. The van der Waals surface area contributed by atoms with E-state index in [1.165, 1.54) is 18.6 Å². The number of fused-ring (bicyclic) bond motifs is 2. The quantitative estimate of drug-likeness (QED) is 0.729. The lowest BCUT2D eigenvalue weighted by atomic mass is 9.85. The minimum absolute atomic E-state index is 0.188. The number of piperidine rings is 2. The van der Waals surface area contributed by atoms with Gasteiger partial charge in [-0.3, -0.25) is 0 Å². The van der Waals surface area contributed by atoms with Gasteiger partial charge in [-0.25, -0.2) is 4.79 Å². The fraction of sp³-hybridized carbons (Fsp3) is 0.650. The van der Waals surface area contributed by atoms with Crippen LogP contribution in [0.2, 0.25) is 0 Å². The molecule has 2 bridgehead atoms. The average molecular weight is 382 g/mol. The van der Waals surface area contributed by atoms with Crippen molar-refractivity contribution in [3.05, 3.63) is 29.8 Å². The van der Waals surface area contributed by atoms with Crippen LogP contribution in [0.3, 0.4) is 0 Å². The van der Waals surface area contributed by atoms with Crippen molar-refractivity contribution in [3.63, 3.8) is 0 Å². The summed E-state index contributed by atoms with van der Waals surface area (Å²) in [4.78, 5) is 17.1. The molecule has 3 heterocycles. The fourth-order valence-electron chi connectivity index (χ4n) is 4.95. The molecule has 148 valence electrons. The average Bonchev–Trinajstić information content (AvgIpc) is 2.90. The van der Waals surface area contributed by atoms with E-state index >= 15 is 0 Å². The Morgan fingerprint density at radius 1 is 0.963 bits per heavy atom. The van der Waals surface area contributed by atoms with Gasteiger partial charge in [-0.2, -0.15) is 0 Å². The Kier molecular flexibility index (Phi) is 4.95. The van der Waals surface area contributed by atoms with E-state index < -0.39 is 6.36 Å². The van der Waals surface area contributed by atoms with E-state index in [1.54, 1.807) is 12.1 Å². The standard InChI is InChI=1S/C20H25F3N2O2/c21-20(22,23)27-18-8-4-14(5-9-18)15-12-16-6-7-17(13-15)25(16)19(26)24-10-2-1-3-11-24/h4-5,8-9,15-17H,1-3,6-7,10-13H2. The molecule has 4 rings (SSSR count). The number of carbonyl (C=O) groups excluding carboxylic acids is 1. The Morgan fingerprint density at radius 2 is 1.56 bits per heavy atom. The molecule has 3 aliphatic rings. The van der Waals surface area contributed by atoms with Gasteiger partial charge in [-0.05, 0) is 68.6 Å². The maximum atomic E-state index is 13.0. The molecule has 0 radical (unpaired) electrons. The van der Waals surface area contributed by atoms with Gasteiger partial charge in [0.1, 0.15) is 5.75 Å². The van der Waals surface area contributed by atoms with Gasteiger partial charge in [0, 0.05) is 25.2 Å². The Hall–Kier alpha value is -1.92. The van der Waals surface area contributed by atoms with Crippen LogP contribution in [-0.4, -0.2) is 47.4 Å². The third kappa shape index (κ3) is 4.01. The maximum Gasteiger partial charge on any atom is 0.573 e. The summed E-state index contributed by atoms with van der Waals surface area (Å²) in [5, 5.41) is 0. The first-order valence-electron chi connectivity index (χ1n) is 9.83. The number of hydrogen-bond donors (Lipinski definition) is 0. The molecule has 2 atom stereocenters. The maximum absolute atomic E-state index is 13.0. The number of likely N-dealkylation sites (tertiary alicyclic amines) is 1. The van der Waals surface area contributed by atoms with Gasteiger partial charge < -0.3 is 14.5 Å². The highest BCUT2D eigenvalue weighted by Crippen LogP contribution is 2.44. The van der Waals surface area contributed by atoms with Crippen LogP contribution in [0.15, 0.2) is 24.3 Å². The number of alkyl halides is 3. The second-order valence-electron chi connectivity index (χ2n) is 7.91. The number of carbonyl (C=O) groups is 1. The summed E-state index contributed by atoms with van der Waals surface area (Å²) in [5.74, 6) is 0.0970. The number of benzene rings is 1. The lowest BCUT2D eigenvalue weighted by Gasteiger charge is -2.42. The topological polar surface area (TPSA) is 32.8 Å². The minimum Gasteiger partial charge on any atom is -0.406 e. The molecule has 3 fully saturated rings. The summed E-state index contributed by atoms with van der Waals surface area (Å²) in [5.41, 5.74) is 1.03. The second-order valence-corrected chi connectivity index (χ2v) is 7.91. The van der Waals surface area contributed by atoms with Crippen LogP contribution in [-0.2, 0) is 0 Å². The second kappa shape index (κ2) is 7.24. The SMILES string of the molecule is O=C(N1CCCCC1)N1C2CCC1CC(c1ccc(OC(F)(F)F)cc1)C2. The van der Waals surface area contributed by atoms with Crippen LogP contribution in [0.5, 0.6) is 5.75 Å². The molecular formula is C20H25F3N2O2. The zero-order valence-corrected chi connectivity index (χ0v) is 15.3.